The maximum absolute atomic E-state index is 12.7. The van der Waals surface area contributed by atoms with Gasteiger partial charge in [0.05, 0.1) is 5.56 Å². The second-order valence-corrected chi connectivity index (χ2v) is 9.60. The van der Waals surface area contributed by atoms with Crippen LogP contribution < -0.4 is 4.74 Å². The van der Waals surface area contributed by atoms with Crippen molar-refractivity contribution in [3.8, 4) is 28.0 Å². The van der Waals surface area contributed by atoms with Gasteiger partial charge in [-0.05, 0) is 71.5 Å². The molecular weight excluding hydrogens is 516 g/mol. The minimum Gasteiger partial charge on any atom is -0.457 e. The fourth-order valence-corrected chi connectivity index (χ4v) is 3.81. The van der Waals surface area contributed by atoms with Gasteiger partial charge in [-0.25, -0.2) is 14.4 Å². The van der Waals surface area contributed by atoms with Gasteiger partial charge in [-0.1, -0.05) is 86.0 Å². The van der Waals surface area contributed by atoms with E-state index in [1.165, 1.54) is 0 Å². The molecule has 0 atom stereocenters. The minimum absolute atomic E-state index is 0.179. The molecule has 4 rings (SSSR count). The van der Waals surface area contributed by atoms with E-state index >= 15 is 0 Å². The quantitative estimate of drug-likeness (QED) is 0.117. The number of hydrogen-bond donors (Lipinski definition) is 0. The molecule has 6 nitrogen and oxygen atoms in total. The molecule has 0 amide bonds. The van der Waals surface area contributed by atoms with Gasteiger partial charge in [0.2, 0.25) is 0 Å². The van der Waals surface area contributed by atoms with E-state index in [1.807, 2.05) is 72.8 Å². The zero-order valence-electron chi connectivity index (χ0n) is 23.0. The molecule has 0 saturated heterocycles. The molecule has 0 aliphatic heterocycles. The average Bonchev–Trinajstić information content (AvgIpc) is 2.99. The molecule has 0 fully saturated rings. The van der Waals surface area contributed by atoms with Gasteiger partial charge in [0.15, 0.2) is 0 Å². The normalized spacial score (nSPS) is 10.4. The summed E-state index contributed by atoms with van der Waals surface area (Å²) >= 11 is 0. The van der Waals surface area contributed by atoms with Crippen molar-refractivity contribution < 1.29 is 28.6 Å². The van der Waals surface area contributed by atoms with E-state index in [0.29, 0.717) is 22.5 Å². The van der Waals surface area contributed by atoms with Gasteiger partial charge >= 0.3 is 17.9 Å². The lowest BCUT2D eigenvalue weighted by atomic mass is 10.0. The Hall–Kier alpha value is -5.23. The monoisotopic (exact) mass is 546 g/mol. The molecule has 4 aromatic rings. The molecule has 0 aromatic heterocycles. The summed E-state index contributed by atoms with van der Waals surface area (Å²) in [5, 5.41) is 0. The minimum atomic E-state index is -0.451. The molecule has 0 heterocycles. The Morgan fingerprint density at radius 1 is 0.537 bits per heavy atom. The Morgan fingerprint density at radius 2 is 0.878 bits per heavy atom. The number of rotatable bonds is 10. The van der Waals surface area contributed by atoms with Crippen molar-refractivity contribution in [3.63, 3.8) is 0 Å². The fraction of sp³-hybridized carbons (Fsp3) is 0.114. The van der Waals surface area contributed by atoms with Crippen molar-refractivity contribution in [1.82, 2.24) is 0 Å². The molecule has 206 valence electrons. The van der Waals surface area contributed by atoms with E-state index in [1.54, 1.807) is 38.1 Å². The zero-order valence-corrected chi connectivity index (χ0v) is 23.0. The van der Waals surface area contributed by atoms with Gasteiger partial charge in [0.25, 0.3) is 0 Å². The number of benzene rings is 4. The molecule has 4 aromatic carbocycles. The van der Waals surface area contributed by atoms with E-state index in [-0.39, 0.29) is 13.2 Å². The van der Waals surface area contributed by atoms with Gasteiger partial charge in [-0.2, -0.15) is 0 Å². The summed E-state index contributed by atoms with van der Waals surface area (Å²) in [5.41, 5.74) is 6.75. The van der Waals surface area contributed by atoms with Crippen LogP contribution in [0.1, 0.15) is 35.3 Å². The van der Waals surface area contributed by atoms with Crippen molar-refractivity contribution in [3.05, 3.63) is 138 Å². The Balaban J connectivity index is 1.32. The SMILES string of the molecule is C=C(C)C(=O)OCc1ccc(-c2ccc(OC(=O)c3ccc(-c4ccc(COC(=O)C(=C)C)cc4)cc3)cc2)cc1. The first-order valence-corrected chi connectivity index (χ1v) is 13.0. The van der Waals surface area contributed by atoms with Gasteiger partial charge in [-0.15, -0.1) is 0 Å². The highest BCUT2D eigenvalue weighted by atomic mass is 16.5. The summed E-state index contributed by atoms with van der Waals surface area (Å²) in [6.45, 7) is 10.7. The van der Waals surface area contributed by atoms with Gasteiger partial charge in [-0.3, -0.25) is 0 Å². The van der Waals surface area contributed by atoms with E-state index in [4.69, 9.17) is 14.2 Å². The Labute approximate surface area is 239 Å². The van der Waals surface area contributed by atoms with Crippen LogP contribution in [0, 0.1) is 0 Å². The molecule has 0 unspecified atom stereocenters. The van der Waals surface area contributed by atoms with Gasteiger partial charge in [0, 0.05) is 11.1 Å². The van der Waals surface area contributed by atoms with Crippen LogP contribution in [0.15, 0.2) is 121 Å². The first-order valence-electron chi connectivity index (χ1n) is 13.0. The predicted molar refractivity (Wildman–Crippen MR) is 158 cm³/mol. The van der Waals surface area contributed by atoms with Crippen molar-refractivity contribution in [2.75, 3.05) is 0 Å². The average molecular weight is 547 g/mol. The number of carbonyl (C=O) groups excluding carboxylic acids is 3. The smallest absolute Gasteiger partial charge is 0.343 e. The second-order valence-electron chi connectivity index (χ2n) is 9.60. The number of carbonyl (C=O) groups is 3. The molecule has 0 N–H and O–H groups in total. The van der Waals surface area contributed by atoms with Crippen LogP contribution in [0.4, 0.5) is 0 Å². The third-order valence-corrected chi connectivity index (χ3v) is 6.20. The Morgan fingerprint density at radius 3 is 1.24 bits per heavy atom. The third kappa shape index (κ3) is 7.90. The van der Waals surface area contributed by atoms with Crippen molar-refractivity contribution >= 4 is 17.9 Å². The van der Waals surface area contributed by atoms with Crippen molar-refractivity contribution in [2.45, 2.75) is 27.1 Å². The van der Waals surface area contributed by atoms with Gasteiger partial charge in [0.1, 0.15) is 19.0 Å². The first-order chi connectivity index (χ1) is 19.7. The first kappa shape index (κ1) is 28.8. The summed E-state index contributed by atoms with van der Waals surface area (Å²) in [6, 6.07) is 29.8. The molecule has 41 heavy (non-hydrogen) atoms. The number of esters is 3. The molecule has 0 bridgehead atoms. The lowest BCUT2D eigenvalue weighted by Gasteiger charge is -2.09. The highest BCUT2D eigenvalue weighted by Crippen LogP contribution is 2.25. The van der Waals surface area contributed by atoms with E-state index in [0.717, 1.165) is 33.4 Å². The predicted octanol–water partition coefficient (Wildman–Crippen LogP) is 7.48. The highest BCUT2D eigenvalue weighted by molar-refractivity contribution is 5.92. The van der Waals surface area contributed by atoms with Crippen LogP contribution in [0.2, 0.25) is 0 Å². The van der Waals surface area contributed by atoms with E-state index in [2.05, 4.69) is 13.2 Å². The molecule has 0 aliphatic rings. The zero-order chi connectivity index (χ0) is 29.4. The fourth-order valence-electron chi connectivity index (χ4n) is 3.81. The standard InChI is InChI=1S/C35H30O6/c1-23(2)33(36)39-21-25-5-9-27(10-6-25)29-13-15-31(16-14-29)35(38)41-32-19-17-30(18-20-32)28-11-7-26(8-12-28)22-40-34(37)24(3)4/h5-20H,1,3,21-22H2,2,4H3. The maximum Gasteiger partial charge on any atom is 0.343 e. The lowest BCUT2D eigenvalue weighted by Crippen LogP contribution is -2.08. The number of hydrogen-bond acceptors (Lipinski definition) is 6. The summed E-state index contributed by atoms with van der Waals surface area (Å²) in [6.07, 6.45) is 0. The summed E-state index contributed by atoms with van der Waals surface area (Å²) < 4.78 is 15.9. The van der Waals surface area contributed by atoms with Gasteiger partial charge < -0.3 is 14.2 Å². The van der Waals surface area contributed by atoms with Crippen LogP contribution in [0.25, 0.3) is 22.3 Å². The molecule has 0 saturated carbocycles. The molecule has 0 spiro atoms. The molecule has 0 radical (unpaired) electrons. The van der Waals surface area contributed by atoms with Crippen LogP contribution in [-0.4, -0.2) is 17.9 Å². The Bertz CT molecular complexity index is 1560. The van der Waals surface area contributed by atoms with E-state index < -0.39 is 17.9 Å². The third-order valence-electron chi connectivity index (χ3n) is 6.20. The molecule has 0 aliphatic carbocycles. The second kappa shape index (κ2) is 13.2. The topological polar surface area (TPSA) is 78.9 Å². The lowest BCUT2D eigenvalue weighted by molar-refractivity contribution is -0.141. The van der Waals surface area contributed by atoms with Crippen LogP contribution in [0.3, 0.4) is 0 Å². The largest absolute Gasteiger partial charge is 0.457 e. The molecular formula is C35H30O6. The highest BCUT2D eigenvalue weighted by Gasteiger charge is 2.10. The summed E-state index contributed by atoms with van der Waals surface area (Å²) in [5.74, 6) is -0.845. The van der Waals surface area contributed by atoms with Crippen molar-refractivity contribution in [2.24, 2.45) is 0 Å². The van der Waals surface area contributed by atoms with Crippen molar-refractivity contribution in [1.29, 1.82) is 0 Å². The van der Waals surface area contributed by atoms with Crippen LogP contribution in [0.5, 0.6) is 5.75 Å². The van der Waals surface area contributed by atoms with Crippen LogP contribution >= 0.6 is 0 Å². The molecule has 6 heteroatoms. The number of ether oxygens (including phenoxy) is 3. The summed E-state index contributed by atoms with van der Waals surface area (Å²) in [7, 11) is 0. The maximum atomic E-state index is 12.7. The van der Waals surface area contributed by atoms with E-state index in [9.17, 15) is 14.4 Å². The van der Waals surface area contributed by atoms with Crippen LogP contribution in [-0.2, 0) is 32.3 Å². The Kier molecular flexibility index (Phi) is 9.28. The summed E-state index contributed by atoms with van der Waals surface area (Å²) in [4.78, 5) is 35.8.